The largest absolute Gasteiger partial charge is 0.306 e. The van der Waals surface area contributed by atoms with Crippen LogP contribution in [-0.4, -0.2) is 59.7 Å². The van der Waals surface area contributed by atoms with Crippen molar-refractivity contribution in [3.63, 3.8) is 0 Å². The lowest BCUT2D eigenvalue weighted by Crippen LogP contribution is -2.27. The van der Waals surface area contributed by atoms with Crippen LogP contribution in [0.3, 0.4) is 0 Å². The lowest BCUT2D eigenvalue weighted by molar-refractivity contribution is 0.289. The van der Waals surface area contributed by atoms with Crippen LogP contribution in [0.15, 0.2) is 58.6 Å². The van der Waals surface area contributed by atoms with Gasteiger partial charge in [0.2, 0.25) is 0 Å². The Balaban J connectivity index is 1.25. The summed E-state index contributed by atoms with van der Waals surface area (Å²) in [5, 5.41) is 9.59. The van der Waals surface area contributed by atoms with E-state index >= 15 is 0 Å². The average Bonchev–Trinajstić information content (AvgIpc) is 3.02. The number of rotatable bonds is 8. The van der Waals surface area contributed by atoms with E-state index in [0.29, 0.717) is 4.90 Å². The average molecular weight is 483 g/mol. The summed E-state index contributed by atoms with van der Waals surface area (Å²) in [6, 6.07) is 15.8. The molecule has 33 heavy (non-hydrogen) atoms. The lowest BCUT2D eigenvalue weighted by atomic mass is 10.0. The van der Waals surface area contributed by atoms with Crippen LogP contribution in [0.25, 0.3) is 12.2 Å². The van der Waals surface area contributed by atoms with Crippen molar-refractivity contribution in [2.75, 3.05) is 31.6 Å². The Bertz CT molecular complexity index is 1220. The molecule has 0 radical (unpaired) electrons. The number of fused-ring (bicyclic) bond motifs is 1. The van der Waals surface area contributed by atoms with Crippen LogP contribution in [0.1, 0.15) is 28.9 Å². The van der Waals surface area contributed by atoms with Gasteiger partial charge in [-0.15, -0.1) is 10.2 Å². The Morgan fingerprint density at radius 2 is 1.76 bits per heavy atom. The molecule has 0 spiro atoms. The van der Waals surface area contributed by atoms with Crippen LogP contribution in [0.5, 0.6) is 0 Å². The van der Waals surface area contributed by atoms with Gasteiger partial charge in [-0.25, -0.2) is 8.42 Å². The Morgan fingerprint density at radius 1 is 1.00 bits per heavy atom. The van der Waals surface area contributed by atoms with E-state index < -0.39 is 9.84 Å². The SMILES string of the molecule is Cn1c(C=Cc2ccccc2)nnc1SCCCN1CCc2ccc(S(C)(=O)=O)cc2CC1. The summed E-state index contributed by atoms with van der Waals surface area (Å²) in [7, 11) is -1.16. The molecule has 8 heteroatoms. The van der Waals surface area contributed by atoms with Crippen LogP contribution in [0.4, 0.5) is 0 Å². The smallest absolute Gasteiger partial charge is 0.191 e. The molecule has 4 rings (SSSR count). The minimum Gasteiger partial charge on any atom is -0.306 e. The van der Waals surface area contributed by atoms with Crippen molar-refractivity contribution >= 4 is 33.8 Å². The number of sulfone groups is 1. The van der Waals surface area contributed by atoms with Crippen molar-refractivity contribution in [2.24, 2.45) is 7.05 Å². The first kappa shape index (κ1) is 23.7. The molecule has 0 saturated heterocycles. The van der Waals surface area contributed by atoms with Crippen molar-refractivity contribution in [2.45, 2.75) is 29.3 Å². The Labute approximate surface area is 200 Å². The maximum absolute atomic E-state index is 11.9. The van der Waals surface area contributed by atoms with Gasteiger partial charge in [-0.05, 0) is 60.7 Å². The van der Waals surface area contributed by atoms with Gasteiger partial charge >= 0.3 is 0 Å². The second kappa shape index (κ2) is 10.7. The van der Waals surface area contributed by atoms with Gasteiger partial charge in [-0.2, -0.15) is 0 Å². The van der Waals surface area contributed by atoms with Crippen molar-refractivity contribution in [3.05, 3.63) is 71.0 Å². The first-order chi connectivity index (χ1) is 15.9. The Hall–Kier alpha value is -2.42. The molecule has 0 amide bonds. The first-order valence-electron chi connectivity index (χ1n) is 11.2. The minimum atomic E-state index is -3.16. The number of thioether (sulfide) groups is 1. The minimum absolute atomic E-state index is 0.424. The van der Waals surface area contributed by atoms with E-state index in [4.69, 9.17) is 0 Å². The molecule has 0 N–H and O–H groups in total. The summed E-state index contributed by atoms with van der Waals surface area (Å²) >= 11 is 1.74. The fraction of sp³-hybridized carbons (Fsp3) is 0.360. The molecule has 0 fully saturated rings. The van der Waals surface area contributed by atoms with Gasteiger partial charge < -0.3 is 9.47 Å². The van der Waals surface area contributed by atoms with E-state index in [0.717, 1.165) is 61.2 Å². The number of aromatic nitrogens is 3. The third-order valence-electron chi connectivity index (χ3n) is 5.94. The second-order valence-electron chi connectivity index (χ2n) is 8.39. The highest BCUT2D eigenvalue weighted by Crippen LogP contribution is 2.22. The molecule has 0 aliphatic carbocycles. The van der Waals surface area contributed by atoms with Gasteiger partial charge in [0.15, 0.2) is 20.8 Å². The Morgan fingerprint density at radius 3 is 2.52 bits per heavy atom. The molecule has 1 aliphatic rings. The topological polar surface area (TPSA) is 68.1 Å². The highest BCUT2D eigenvalue weighted by atomic mass is 32.2. The summed E-state index contributed by atoms with van der Waals surface area (Å²) in [5.74, 6) is 1.83. The maximum Gasteiger partial charge on any atom is 0.191 e. The first-order valence-corrected chi connectivity index (χ1v) is 14.1. The summed E-state index contributed by atoms with van der Waals surface area (Å²) in [6.45, 7) is 3.00. The van der Waals surface area contributed by atoms with E-state index in [1.165, 1.54) is 17.4 Å². The van der Waals surface area contributed by atoms with E-state index in [2.05, 4.69) is 33.3 Å². The van der Waals surface area contributed by atoms with Crippen molar-refractivity contribution in [1.29, 1.82) is 0 Å². The highest BCUT2D eigenvalue weighted by Gasteiger charge is 2.16. The zero-order chi connectivity index (χ0) is 23.3. The van der Waals surface area contributed by atoms with Crippen molar-refractivity contribution in [3.8, 4) is 0 Å². The molecular weight excluding hydrogens is 452 g/mol. The van der Waals surface area contributed by atoms with Gasteiger partial charge in [0.05, 0.1) is 4.90 Å². The number of hydrogen-bond acceptors (Lipinski definition) is 6. The molecule has 174 valence electrons. The van der Waals surface area contributed by atoms with Crippen LogP contribution >= 0.6 is 11.8 Å². The summed E-state index contributed by atoms with van der Waals surface area (Å²) in [5.41, 5.74) is 3.58. The van der Waals surface area contributed by atoms with Crippen LogP contribution in [0, 0.1) is 0 Å². The fourth-order valence-corrected chi connectivity index (χ4v) is 5.50. The quantitative estimate of drug-likeness (QED) is 0.357. The predicted octanol–water partition coefficient (Wildman–Crippen LogP) is 3.97. The lowest BCUT2D eigenvalue weighted by Gasteiger charge is -2.19. The van der Waals surface area contributed by atoms with E-state index in [1.807, 2.05) is 48.0 Å². The normalized spacial score (nSPS) is 15.0. The van der Waals surface area contributed by atoms with Crippen LogP contribution in [0.2, 0.25) is 0 Å². The van der Waals surface area contributed by atoms with Crippen LogP contribution in [-0.2, 0) is 29.7 Å². The van der Waals surface area contributed by atoms with Crippen molar-refractivity contribution in [1.82, 2.24) is 19.7 Å². The summed E-state index contributed by atoms with van der Waals surface area (Å²) < 4.78 is 25.8. The van der Waals surface area contributed by atoms with Crippen molar-refractivity contribution < 1.29 is 8.42 Å². The van der Waals surface area contributed by atoms with E-state index in [9.17, 15) is 8.42 Å². The molecule has 3 aromatic rings. The maximum atomic E-state index is 11.9. The highest BCUT2D eigenvalue weighted by molar-refractivity contribution is 7.99. The van der Waals surface area contributed by atoms with Crippen LogP contribution < -0.4 is 0 Å². The van der Waals surface area contributed by atoms with Gasteiger partial charge in [-0.3, -0.25) is 0 Å². The third kappa shape index (κ3) is 6.34. The number of benzene rings is 2. The molecule has 0 atom stereocenters. The molecule has 0 unspecified atom stereocenters. The summed E-state index contributed by atoms with van der Waals surface area (Å²) in [4.78, 5) is 2.90. The molecule has 2 heterocycles. The zero-order valence-corrected chi connectivity index (χ0v) is 20.8. The molecule has 0 bridgehead atoms. The molecule has 0 saturated carbocycles. The molecule has 1 aliphatic heterocycles. The molecule has 2 aromatic carbocycles. The second-order valence-corrected chi connectivity index (χ2v) is 11.5. The Kier molecular flexibility index (Phi) is 7.67. The number of nitrogens with zero attached hydrogens (tertiary/aromatic N) is 4. The van der Waals surface area contributed by atoms with Gasteiger partial charge in [-0.1, -0.05) is 54.2 Å². The molecule has 6 nitrogen and oxygen atoms in total. The van der Waals surface area contributed by atoms with E-state index in [-0.39, 0.29) is 0 Å². The molecule has 1 aromatic heterocycles. The standard InChI is InChI=1S/C25H30N4O2S2/c1-28-24(12-9-20-7-4-3-5-8-20)26-27-25(28)32-18-6-15-29-16-13-21-10-11-23(33(2,30)31)19-22(21)14-17-29/h3-5,7-12,19H,6,13-18H2,1-2H3. The monoisotopic (exact) mass is 482 g/mol. The zero-order valence-electron chi connectivity index (χ0n) is 19.1. The fourth-order valence-electron chi connectivity index (χ4n) is 3.99. The van der Waals surface area contributed by atoms with Gasteiger partial charge in [0.1, 0.15) is 0 Å². The van der Waals surface area contributed by atoms with Gasteiger partial charge in [0.25, 0.3) is 0 Å². The predicted molar refractivity (Wildman–Crippen MR) is 135 cm³/mol. The third-order valence-corrected chi connectivity index (χ3v) is 8.16. The molecular formula is C25H30N4O2S2. The van der Waals surface area contributed by atoms with Gasteiger partial charge in [0, 0.05) is 32.1 Å². The van der Waals surface area contributed by atoms with E-state index in [1.54, 1.807) is 17.8 Å². The number of hydrogen-bond donors (Lipinski definition) is 0. The summed E-state index contributed by atoms with van der Waals surface area (Å²) in [6.07, 6.45) is 8.25.